The fourth-order valence-electron chi connectivity index (χ4n) is 1.36. The van der Waals surface area contributed by atoms with Crippen molar-refractivity contribution in [3.05, 3.63) is 0 Å². The summed E-state index contributed by atoms with van der Waals surface area (Å²) in [6.45, 7) is 4.45. The van der Waals surface area contributed by atoms with Crippen molar-refractivity contribution in [2.45, 2.75) is 45.6 Å². The largest absolute Gasteiger partial charge is 0.392 e. The maximum Gasteiger partial charge on any atom is 0.0630 e. The lowest BCUT2D eigenvalue weighted by Crippen LogP contribution is -2.11. The number of rotatable bonds is 7. The highest BCUT2D eigenvalue weighted by Gasteiger charge is 2.21. The Morgan fingerprint density at radius 3 is 2.54 bits per heavy atom. The molecule has 0 bridgehead atoms. The van der Waals surface area contributed by atoms with Crippen molar-refractivity contribution in [1.82, 2.24) is 0 Å². The molecule has 1 atom stereocenters. The van der Waals surface area contributed by atoms with Gasteiger partial charge in [0.2, 0.25) is 0 Å². The van der Waals surface area contributed by atoms with Gasteiger partial charge in [0.05, 0.1) is 6.10 Å². The quantitative estimate of drug-likeness (QED) is 0.685. The molecule has 0 amide bonds. The van der Waals surface area contributed by atoms with E-state index >= 15 is 0 Å². The molecule has 1 N–H and O–H groups in total. The van der Waals surface area contributed by atoms with Crippen LogP contribution in [0.4, 0.5) is 0 Å². The first-order valence-corrected chi connectivity index (χ1v) is 6.59. The molecule has 0 spiro atoms. The minimum Gasteiger partial charge on any atom is -0.392 e. The van der Waals surface area contributed by atoms with Crippen LogP contribution in [0.2, 0.25) is 0 Å². The average molecular weight is 202 g/mol. The highest BCUT2D eigenvalue weighted by molar-refractivity contribution is 7.99. The second kappa shape index (κ2) is 5.92. The lowest BCUT2D eigenvalue weighted by molar-refractivity contribution is 0.184. The minimum atomic E-state index is -0.0515. The molecule has 0 aromatic rings. The van der Waals surface area contributed by atoms with Crippen molar-refractivity contribution in [3.63, 3.8) is 0 Å². The van der Waals surface area contributed by atoms with Gasteiger partial charge in [0, 0.05) is 5.75 Å². The van der Waals surface area contributed by atoms with Crippen LogP contribution in [0.5, 0.6) is 0 Å². The van der Waals surface area contributed by atoms with Gasteiger partial charge in [0.1, 0.15) is 0 Å². The van der Waals surface area contributed by atoms with Gasteiger partial charge in [-0.1, -0.05) is 26.7 Å². The Morgan fingerprint density at radius 1 is 1.31 bits per heavy atom. The van der Waals surface area contributed by atoms with E-state index in [1.165, 1.54) is 25.0 Å². The maximum atomic E-state index is 9.62. The number of aliphatic hydroxyl groups is 1. The van der Waals surface area contributed by atoms with Crippen molar-refractivity contribution < 1.29 is 5.11 Å². The molecule has 0 radical (unpaired) electrons. The fourth-order valence-corrected chi connectivity index (χ4v) is 2.40. The molecule has 78 valence electrons. The van der Waals surface area contributed by atoms with Gasteiger partial charge < -0.3 is 5.11 Å². The van der Waals surface area contributed by atoms with Gasteiger partial charge in [0.15, 0.2) is 0 Å². The molecule has 1 rings (SSSR count). The van der Waals surface area contributed by atoms with Gasteiger partial charge in [0.25, 0.3) is 0 Å². The van der Waals surface area contributed by atoms with Gasteiger partial charge in [-0.2, -0.15) is 11.8 Å². The second-order valence-electron chi connectivity index (χ2n) is 4.61. The Balaban J connectivity index is 1.87. The van der Waals surface area contributed by atoms with Gasteiger partial charge in [-0.15, -0.1) is 0 Å². The van der Waals surface area contributed by atoms with Crippen molar-refractivity contribution in [1.29, 1.82) is 0 Å². The molecular formula is C11H22OS. The van der Waals surface area contributed by atoms with Gasteiger partial charge in [-0.3, -0.25) is 0 Å². The molecule has 0 aromatic heterocycles. The van der Waals surface area contributed by atoms with E-state index in [4.69, 9.17) is 0 Å². The first-order valence-electron chi connectivity index (χ1n) is 5.44. The summed E-state index contributed by atoms with van der Waals surface area (Å²) in [6, 6.07) is 0. The van der Waals surface area contributed by atoms with Crippen LogP contribution in [0.3, 0.4) is 0 Å². The normalized spacial score (nSPS) is 19.4. The number of hydrogen-bond donors (Lipinski definition) is 1. The molecular weight excluding hydrogens is 180 g/mol. The highest BCUT2D eigenvalue weighted by Crippen LogP contribution is 2.34. The molecule has 1 unspecified atom stereocenters. The lowest BCUT2D eigenvalue weighted by atomic mass is 10.1. The Labute approximate surface area is 86.3 Å². The van der Waals surface area contributed by atoms with Crippen LogP contribution in [0.25, 0.3) is 0 Å². The summed E-state index contributed by atoms with van der Waals surface area (Å²) in [5.41, 5.74) is 0. The van der Waals surface area contributed by atoms with Crippen LogP contribution < -0.4 is 0 Å². The van der Waals surface area contributed by atoms with Crippen LogP contribution >= 0.6 is 11.8 Å². The SMILES string of the molecule is CC(C)CSCC(O)CCC1CC1. The third-order valence-electron chi connectivity index (χ3n) is 2.37. The zero-order valence-corrected chi connectivity index (χ0v) is 9.65. The summed E-state index contributed by atoms with van der Waals surface area (Å²) in [5, 5.41) is 9.62. The molecule has 1 aliphatic rings. The zero-order chi connectivity index (χ0) is 9.68. The number of hydrogen-bond acceptors (Lipinski definition) is 2. The van der Waals surface area contributed by atoms with Gasteiger partial charge in [-0.05, 0) is 30.4 Å². The molecule has 1 saturated carbocycles. The summed E-state index contributed by atoms with van der Waals surface area (Å²) < 4.78 is 0. The van der Waals surface area contributed by atoms with Gasteiger partial charge in [-0.25, -0.2) is 0 Å². The third kappa shape index (κ3) is 6.39. The standard InChI is InChI=1S/C11H22OS/c1-9(2)7-13-8-11(12)6-5-10-3-4-10/h9-12H,3-8H2,1-2H3. The van der Waals surface area contributed by atoms with Crippen LogP contribution in [0, 0.1) is 11.8 Å². The number of aliphatic hydroxyl groups excluding tert-OH is 1. The molecule has 1 fully saturated rings. The van der Waals surface area contributed by atoms with Crippen molar-refractivity contribution in [2.24, 2.45) is 11.8 Å². The Hall–Kier alpha value is 0.310. The zero-order valence-electron chi connectivity index (χ0n) is 8.83. The minimum absolute atomic E-state index is 0.0515. The molecule has 1 nitrogen and oxygen atoms in total. The molecule has 0 aromatic carbocycles. The molecule has 13 heavy (non-hydrogen) atoms. The average Bonchev–Trinajstić information content (AvgIpc) is 2.83. The highest BCUT2D eigenvalue weighted by atomic mass is 32.2. The summed E-state index contributed by atoms with van der Waals surface area (Å²) in [4.78, 5) is 0. The van der Waals surface area contributed by atoms with Crippen molar-refractivity contribution in [2.75, 3.05) is 11.5 Å². The van der Waals surface area contributed by atoms with E-state index in [9.17, 15) is 5.11 Å². The van der Waals surface area contributed by atoms with E-state index in [2.05, 4.69) is 13.8 Å². The Kier molecular flexibility index (Phi) is 5.18. The summed E-state index contributed by atoms with van der Waals surface area (Å²) in [7, 11) is 0. The molecule has 0 saturated heterocycles. The van der Waals surface area contributed by atoms with E-state index in [1.807, 2.05) is 11.8 Å². The maximum absolute atomic E-state index is 9.62. The fraction of sp³-hybridized carbons (Fsp3) is 1.00. The monoisotopic (exact) mass is 202 g/mol. The summed E-state index contributed by atoms with van der Waals surface area (Å²) in [6.07, 6.45) is 5.04. The van der Waals surface area contributed by atoms with E-state index in [0.717, 1.165) is 24.0 Å². The summed E-state index contributed by atoms with van der Waals surface area (Å²) in [5.74, 6) is 3.83. The lowest BCUT2D eigenvalue weighted by Gasteiger charge is -2.10. The molecule has 2 heteroatoms. The number of thioether (sulfide) groups is 1. The molecule has 0 heterocycles. The molecule has 0 aliphatic heterocycles. The third-order valence-corrected chi connectivity index (χ3v) is 3.89. The van der Waals surface area contributed by atoms with Crippen LogP contribution in [0.1, 0.15) is 39.5 Å². The smallest absolute Gasteiger partial charge is 0.0630 e. The van der Waals surface area contributed by atoms with E-state index in [0.29, 0.717) is 0 Å². The van der Waals surface area contributed by atoms with Crippen molar-refractivity contribution >= 4 is 11.8 Å². The Morgan fingerprint density at radius 2 is 2.00 bits per heavy atom. The first kappa shape index (κ1) is 11.4. The van der Waals surface area contributed by atoms with E-state index in [-0.39, 0.29) is 6.10 Å². The van der Waals surface area contributed by atoms with Gasteiger partial charge >= 0.3 is 0 Å². The summed E-state index contributed by atoms with van der Waals surface area (Å²) >= 11 is 1.89. The predicted octanol–water partition coefficient (Wildman–Crippen LogP) is 2.93. The van der Waals surface area contributed by atoms with Crippen LogP contribution in [-0.2, 0) is 0 Å². The topological polar surface area (TPSA) is 20.2 Å². The second-order valence-corrected chi connectivity index (χ2v) is 5.68. The van der Waals surface area contributed by atoms with E-state index in [1.54, 1.807) is 0 Å². The van der Waals surface area contributed by atoms with Crippen LogP contribution in [0.15, 0.2) is 0 Å². The van der Waals surface area contributed by atoms with Crippen LogP contribution in [-0.4, -0.2) is 22.7 Å². The van der Waals surface area contributed by atoms with Crippen molar-refractivity contribution in [3.8, 4) is 0 Å². The van der Waals surface area contributed by atoms with E-state index < -0.39 is 0 Å². The Bertz CT molecular complexity index is 132. The first-order chi connectivity index (χ1) is 6.18. The predicted molar refractivity (Wildman–Crippen MR) is 60.1 cm³/mol. The molecule has 1 aliphatic carbocycles.